The van der Waals surface area contributed by atoms with Gasteiger partial charge in [-0.3, -0.25) is 0 Å². The summed E-state index contributed by atoms with van der Waals surface area (Å²) in [6.07, 6.45) is 0. The van der Waals surface area contributed by atoms with Gasteiger partial charge in [0.2, 0.25) is 0 Å². The van der Waals surface area contributed by atoms with Gasteiger partial charge in [0.1, 0.15) is 0 Å². The van der Waals surface area contributed by atoms with Crippen LogP contribution >= 0.6 is 47.5 Å². The summed E-state index contributed by atoms with van der Waals surface area (Å²) in [6.45, 7) is 9.71. The van der Waals surface area contributed by atoms with Crippen LogP contribution in [-0.4, -0.2) is 6.88 Å². The first-order valence-corrected chi connectivity index (χ1v) is 17.2. The van der Waals surface area contributed by atoms with E-state index in [0.29, 0.717) is 5.92 Å². The van der Waals surface area contributed by atoms with E-state index >= 15 is 0 Å². The average molecular weight is 673 g/mol. The fourth-order valence-corrected chi connectivity index (χ4v) is 5.80. The van der Waals surface area contributed by atoms with E-state index in [4.69, 9.17) is 0 Å². The second-order valence-electron chi connectivity index (χ2n) is 8.55. The van der Waals surface area contributed by atoms with E-state index in [9.17, 15) is 0 Å². The van der Waals surface area contributed by atoms with Crippen molar-refractivity contribution in [2.45, 2.75) is 26.7 Å². The topological polar surface area (TPSA) is 0 Å². The zero-order valence-corrected chi connectivity index (χ0v) is 29.2. The number of hydrogen-bond acceptors (Lipinski definition) is 2. The van der Waals surface area contributed by atoms with Gasteiger partial charge in [-0.2, -0.15) is 12.1 Å². The number of thiophene rings is 2. The number of fused-ring (bicyclic) bond motifs is 2. The van der Waals surface area contributed by atoms with E-state index in [-0.39, 0.29) is 39.7 Å². The van der Waals surface area contributed by atoms with Crippen molar-refractivity contribution in [2.75, 3.05) is 0 Å². The van der Waals surface area contributed by atoms with Crippen molar-refractivity contribution in [2.24, 2.45) is 0 Å². The van der Waals surface area contributed by atoms with Gasteiger partial charge in [0.15, 0.2) is 0 Å². The van der Waals surface area contributed by atoms with Crippen LogP contribution in [0.15, 0.2) is 95.7 Å². The van der Waals surface area contributed by atoms with E-state index in [1.54, 1.807) is 11.3 Å². The van der Waals surface area contributed by atoms with Crippen molar-refractivity contribution in [1.29, 1.82) is 0 Å². The van der Waals surface area contributed by atoms with Gasteiger partial charge in [-0.05, 0) is 28.8 Å². The first-order chi connectivity index (χ1) is 16.6. The van der Waals surface area contributed by atoms with E-state index in [1.165, 1.54) is 76.9 Å². The molecule has 0 aliphatic heterocycles. The molecule has 0 N–H and O–H groups in total. The van der Waals surface area contributed by atoms with Crippen LogP contribution in [0.1, 0.15) is 30.9 Å². The maximum atomic E-state index is 3.06. The molecule has 0 saturated heterocycles. The molecule has 38 heavy (non-hydrogen) atoms. The first-order valence-electron chi connectivity index (χ1n) is 11.3. The quantitative estimate of drug-likeness (QED) is 0.130. The van der Waals surface area contributed by atoms with Crippen molar-refractivity contribution in [1.82, 2.24) is 0 Å². The molecule has 0 spiro atoms. The summed E-state index contributed by atoms with van der Waals surface area (Å²) >= 11 is 4.96. The van der Waals surface area contributed by atoms with Gasteiger partial charge in [0.25, 0.3) is 0 Å². The minimum absolute atomic E-state index is 0. The Bertz CT molecular complexity index is 1480. The maximum absolute atomic E-state index is 3.06. The third-order valence-corrected chi connectivity index (χ3v) is 7.71. The molecule has 0 aliphatic rings. The van der Waals surface area contributed by atoms with Crippen LogP contribution in [0.25, 0.3) is 42.4 Å². The zero-order valence-electron chi connectivity index (χ0n) is 22.4. The van der Waals surface area contributed by atoms with Crippen LogP contribution in [0.3, 0.4) is 0 Å². The Labute approximate surface area is 266 Å². The Hall–Kier alpha value is -1.26. The van der Waals surface area contributed by atoms with Crippen molar-refractivity contribution >= 4 is 75.9 Å². The third kappa shape index (κ3) is 8.37. The Balaban J connectivity index is 0.000000619. The van der Waals surface area contributed by atoms with Gasteiger partial charge in [0.05, 0.1) is 0 Å². The third-order valence-electron chi connectivity index (χ3n) is 5.91. The summed E-state index contributed by atoms with van der Waals surface area (Å²) in [5.74, 6) is 0.596. The van der Waals surface area contributed by atoms with Crippen LogP contribution in [0, 0.1) is 21.8 Å². The summed E-state index contributed by atoms with van der Waals surface area (Å²) < 4.78 is 0. The number of aryl methyl sites for hydroxylation is 1. The molecule has 0 atom stereocenters. The van der Waals surface area contributed by atoms with Gasteiger partial charge >= 0.3 is 30.2 Å². The first kappa shape index (κ1) is 36.7. The fourth-order valence-electron chi connectivity index (χ4n) is 4.27. The van der Waals surface area contributed by atoms with Crippen LogP contribution in [-0.2, 0) is 23.3 Å². The van der Waals surface area contributed by atoms with Gasteiger partial charge in [-0.15, -0.1) is 117 Å². The molecule has 6 aromatic rings. The number of rotatable bonds is 3. The normalized spacial score (nSPS) is 9.55. The molecule has 4 aromatic carbocycles. The second-order valence-corrected chi connectivity index (χ2v) is 10.4. The SMILES string of the molecule is CC(C)c1cc2c(-c3cccs3)cccc2[cH-]1.Cc1cc2c(-c3cccs3)cccc2[cH-]1.Cl.Cl.[CH3-].[CH3-].[Si]=[Zr]. The summed E-state index contributed by atoms with van der Waals surface area (Å²) in [7, 11) is 0. The Morgan fingerprint density at radius 2 is 1.16 bits per heavy atom. The van der Waals surface area contributed by atoms with Crippen molar-refractivity contribution in [3.05, 3.63) is 122 Å². The molecule has 0 fully saturated rings. The summed E-state index contributed by atoms with van der Waals surface area (Å²) in [4.78, 5) is 2.71. The van der Waals surface area contributed by atoms with Crippen LogP contribution in [0.5, 0.6) is 0 Å². The van der Waals surface area contributed by atoms with Crippen LogP contribution < -0.4 is 0 Å². The molecule has 2 radical (unpaired) electrons. The number of benzene rings is 2. The molecule has 2 heterocycles. The number of hydrogen-bond donors (Lipinski definition) is 0. The van der Waals surface area contributed by atoms with E-state index in [1.807, 2.05) is 11.3 Å². The molecule has 0 amide bonds. The van der Waals surface area contributed by atoms with Crippen molar-refractivity contribution in [3.8, 4) is 20.9 Å². The van der Waals surface area contributed by atoms with Gasteiger partial charge in [0, 0.05) is 9.75 Å². The van der Waals surface area contributed by atoms with Gasteiger partial charge in [-0.25, -0.2) is 0 Å². The monoisotopic (exact) mass is 670 g/mol. The Morgan fingerprint density at radius 3 is 1.61 bits per heavy atom. The Kier molecular flexibility index (Phi) is 16.9. The molecule has 0 saturated carbocycles. The predicted octanol–water partition coefficient (Wildman–Crippen LogP) is 11.4. The summed E-state index contributed by atoms with van der Waals surface area (Å²) in [5, 5.41) is 9.74. The molecule has 6 rings (SSSR count). The van der Waals surface area contributed by atoms with Crippen molar-refractivity contribution in [3.63, 3.8) is 0 Å². The van der Waals surface area contributed by atoms with Crippen LogP contribution in [0.4, 0.5) is 0 Å². The van der Waals surface area contributed by atoms with Gasteiger partial charge < -0.3 is 14.9 Å². The van der Waals surface area contributed by atoms with E-state index in [0.717, 1.165) is 0 Å². The summed E-state index contributed by atoms with van der Waals surface area (Å²) in [6, 6.07) is 30.9. The van der Waals surface area contributed by atoms with E-state index < -0.39 is 0 Å². The van der Waals surface area contributed by atoms with E-state index in [2.05, 4.69) is 123 Å². The van der Waals surface area contributed by atoms with Crippen molar-refractivity contribution < 1.29 is 23.3 Å². The molecular formula is C32H34Cl2S2SiZr-4. The fraction of sp³-hybridized carbons (Fsp3) is 0.125. The molecule has 0 bridgehead atoms. The number of halogens is 2. The van der Waals surface area contributed by atoms with Gasteiger partial charge in [-0.1, -0.05) is 56.2 Å². The van der Waals surface area contributed by atoms with Crippen LogP contribution in [0.2, 0.25) is 0 Å². The minimum atomic E-state index is 0. The molecule has 0 unspecified atom stereocenters. The molecule has 6 heteroatoms. The molecule has 0 aliphatic carbocycles. The Morgan fingerprint density at radius 1 is 0.684 bits per heavy atom. The average Bonchev–Trinajstić information content (AvgIpc) is 3.66. The zero-order chi connectivity index (χ0) is 24.1. The molecular weight excluding hydrogens is 639 g/mol. The molecule has 0 nitrogen and oxygen atoms in total. The standard InChI is InChI=1S/C16H15S.C14H11S.2CH3.2ClH.Si.Zr/c1-11(2)13-9-12-5-3-6-14(15(12)10-13)16-7-4-8-17-16;1-10-8-11-4-2-5-12(13(11)9-10)14-6-3-7-15-14;;;;;;/h3-11H,1-2H3;2-9H,1H3;2*1H3;2*1H;;/q4*-1;;;;. The second kappa shape index (κ2) is 17.4. The summed E-state index contributed by atoms with van der Waals surface area (Å²) in [5.41, 5.74) is 5.50. The molecule has 2 aromatic heterocycles. The molecule has 200 valence electrons. The predicted molar refractivity (Wildman–Crippen MR) is 178 cm³/mol.